The maximum absolute atomic E-state index is 12.4. The molecule has 1 saturated heterocycles. The Morgan fingerprint density at radius 2 is 2.09 bits per heavy atom. The van der Waals surface area contributed by atoms with Gasteiger partial charge in [-0.05, 0) is 13.8 Å². The quantitative estimate of drug-likeness (QED) is 0.912. The van der Waals surface area contributed by atoms with Gasteiger partial charge in [0.05, 0.1) is 18.7 Å². The average Bonchev–Trinajstić information content (AvgIpc) is 3.03. The van der Waals surface area contributed by atoms with Crippen molar-refractivity contribution in [2.45, 2.75) is 20.4 Å². The number of carbonyl (C=O) groups excluding carboxylic acids is 1. The number of morpholine rings is 1. The number of furan rings is 1. The molecule has 22 heavy (non-hydrogen) atoms. The van der Waals surface area contributed by atoms with Crippen molar-refractivity contribution in [3.05, 3.63) is 23.6 Å². The third kappa shape index (κ3) is 3.03. The molecule has 1 N–H and O–H groups in total. The molecule has 6 heteroatoms. The second kappa shape index (κ2) is 6.54. The van der Waals surface area contributed by atoms with E-state index in [0.717, 1.165) is 56.3 Å². The number of hydrogen-bond donors (Lipinski definition) is 1. The van der Waals surface area contributed by atoms with Crippen LogP contribution in [-0.4, -0.2) is 54.8 Å². The second-order valence-corrected chi connectivity index (χ2v) is 5.59. The first-order valence-corrected chi connectivity index (χ1v) is 7.87. The van der Waals surface area contributed by atoms with Gasteiger partial charge in [-0.3, -0.25) is 9.69 Å². The number of nitrogens with zero attached hydrogens (tertiary/aromatic N) is 2. The van der Waals surface area contributed by atoms with Crippen molar-refractivity contribution in [3.8, 4) is 0 Å². The molecule has 0 aromatic carbocycles. The lowest BCUT2D eigenvalue weighted by atomic mass is 10.3. The van der Waals surface area contributed by atoms with Crippen LogP contribution in [0.1, 0.15) is 23.2 Å². The van der Waals surface area contributed by atoms with Crippen LogP contribution in [0.4, 0.5) is 0 Å². The predicted molar refractivity (Wildman–Crippen MR) is 84.2 cm³/mol. The van der Waals surface area contributed by atoms with Crippen LogP contribution >= 0.6 is 0 Å². The molecule has 3 heterocycles. The Kier molecular flexibility index (Phi) is 4.49. The van der Waals surface area contributed by atoms with Gasteiger partial charge < -0.3 is 19.0 Å². The van der Waals surface area contributed by atoms with Gasteiger partial charge in [-0.15, -0.1) is 0 Å². The smallest absolute Gasteiger partial charge is 0.268 e. The molecule has 2 aromatic heterocycles. The molecule has 120 valence electrons. The number of rotatable bonds is 5. The van der Waals surface area contributed by atoms with Crippen LogP contribution in [0, 0.1) is 6.92 Å². The number of ether oxygens (including phenoxy) is 1. The first-order chi connectivity index (χ1) is 10.7. The largest absolute Gasteiger partial charge is 0.460 e. The summed E-state index contributed by atoms with van der Waals surface area (Å²) in [5.74, 6) is 0.825. The van der Waals surface area contributed by atoms with E-state index in [9.17, 15) is 4.79 Å². The van der Waals surface area contributed by atoms with E-state index in [-0.39, 0.29) is 5.91 Å². The van der Waals surface area contributed by atoms with Crippen LogP contribution in [0.25, 0.3) is 11.1 Å². The van der Waals surface area contributed by atoms with Crippen molar-refractivity contribution in [2.75, 3.05) is 39.4 Å². The van der Waals surface area contributed by atoms with E-state index < -0.39 is 0 Å². The molecule has 0 aliphatic carbocycles. The van der Waals surface area contributed by atoms with E-state index in [2.05, 4.69) is 10.2 Å². The van der Waals surface area contributed by atoms with E-state index in [0.29, 0.717) is 12.2 Å². The highest BCUT2D eigenvalue weighted by atomic mass is 16.5. The van der Waals surface area contributed by atoms with E-state index in [1.165, 1.54) is 0 Å². The molecule has 1 aliphatic heterocycles. The van der Waals surface area contributed by atoms with Crippen LogP contribution in [0.2, 0.25) is 0 Å². The SMILES string of the molecule is CCn1c(C(=O)NCCN2CCOCC2)cc2oc(C)cc21. The lowest BCUT2D eigenvalue weighted by Gasteiger charge is -2.26. The molecule has 1 aliphatic rings. The van der Waals surface area contributed by atoms with Gasteiger partial charge >= 0.3 is 0 Å². The van der Waals surface area contributed by atoms with Gasteiger partial charge in [0, 0.05) is 44.9 Å². The molecule has 0 bridgehead atoms. The molecule has 0 saturated carbocycles. The fourth-order valence-electron chi connectivity index (χ4n) is 2.94. The summed E-state index contributed by atoms with van der Waals surface area (Å²) in [6.45, 7) is 9.64. The molecule has 1 amide bonds. The summed E-state index contributed by atoms with van der Waals surface area (Å²) in [6, 6.07) is 3.80. The number of aromatic nitrogens is 1. The van der Waals surface area contributed by atoms with Crippen molar-refractivity contribution in [2.24, 2.45) is 0 Å². The zero-order chi connectivity index (χ0) is 15.5. The molecule has 0 radical (unpaired) electrons. The second-order valence-electron chi connectivity index (χ2n) is 5.59. The van der Waals surface area contributed by atoms with Gasteiger partial charge in [0.1, 0.15) is 11.5 Å². The Morgan fingerprint density at radius 3 is 2.82 bits per heavy atom. The summed E-state index contributed by atoms with van der Waals surface area (Å²) in [5, 5.41) is 3.00. The molecule has 0 unspecified atom stereocenters. The summed E-state index contributed by atoms with van der Waals surface area (Å²) in [7, 11) is 0. The molecule has 0 spiro atoms. The monoisotopic (exact) mass is 305 g/mol. The highest BCUT2D eigenvalue weighted by Gasteiger charge is 2.17. The fraction of sp³-hybridized carbons (Fsp3) is 0.562. The van der Waals surface area contributed by atoms with E-state index >= 15 is 0 Å². The van der Waals surface area contributed by atoms with Crippen molar-refractivity contribution >= 4 is 17.0 Å². The van der Waals surface area contributed by atoms with Gasteiger partial charge in [0.15, 0.2) is 5.58 Å². The highest BCUT2D eigenvalue weighted by Crippen LogP contribution is 2.23. The van der Waals surface area contributed by atoms with Gasteiger partial charge in [-0.1, -0.05) is 0 Å². The Balaban J connectivity index is 1.63. The summed E-state index contributed by atoms with van der Waals surface area (Å²) < 4.78 is 12.9. The summed E-state index contributed by atoms with van der Waals surface area (Å²) >= 11 is 0. The summed E-state index contributed by atoms with van der Waals surface area (Å²) in [5.41, 5.74) is 2.43. The van der Waals surface area contributed by atoms with Gasteiger partial charge in [-0.25, -0.2) is 0 Å². The number of amides is 1. The van der Waals surface area contributed by atoms with Crippen LogP contribution in [-0.2, 0) is 11.3 Å². The molecule has 6 nitrogen and oxygen atoms in total. The topological polar surface area (TPSA) is 59.6 Å². The Bertz CT molecular complexity index is 653. The summed E-state index contributed by atoms with van der Waals surface area (Å²) in [6.07, 6.45) is 0. The van der Waals surface area contributed by atoms with Crippen molar-refractivity contribution in [1.82, 2.24) is 14.8 Å². The summed E-state index contributed by atoms with van der Waals surface area (Å²) in [4.78, 5) is 14.7. The lowest BCUT2D eigenvalue weighted by molar-refractivity contribution is 0.0383. The predicted octanol–water partition coefficient (Wildman–Crippen LogP) is 1.62. The number of nitrogens with one attached hydrogen (secondary N) is 1. The lowest BCUT2D eigenvalue weighted by Crippen LogP contribution is -2.41. The number of aryl methyl sites for hydroxylation is 2. The average molecular weight is 305 g/mol. The van der Waals surface area contributed by atoms with E-state index in [1.54, 1.807) is 0 Å². The molecule has 0 atom stereocenters. The normalized spacial score (nSPS) is 16.3. The molecular formula is C16H23N3O3. The van der Waals surface area contributed by atoms with Crippen LogP contribution in [0.15, 0.2) is 16.5 Å². The molecule has 3 rings (SSSR count). The van der Waals surface area contributed by atoms with Crippen LogP contribution < -0.4 is 5.32 Å². The number of fused-ring (bicyclic) bond motifs is 1. The maximum atomic E-state index is 12.4. The van der Waals surface area contributed by atoms with Gasteiger partial charge in [-0.2, -0.15) is 0 Å². The Hall–Kier alpha value is -1.79. The molecule has 2 aromatic rings. The van der Waals surface area contributed by atoms with E-state index in [4.69, 9.17) is 9.15 Å². The van der Waals surface area contributed by atoms with Gasteiger partial charge in [0.25, 0.3) is 5.91 Å². The van der Waals surface area contributed by atoms with Crippen LogP contribution in [0.5, 0.6) is 0 Å². The third-order valence-electron chi connectivity index (χ3n) is 4.08. The van der Waals surface area contributed by atoms with Crippen molar-refractivity contribution in [3.63, 3.8) is 0 Å². The maximum Gasteiger partial charge on any atom is 0.268 e. The van der Waals surface area contributed by atoms with Crippen molar-refractivity contribution < 1.29 is 13.9 Å². The van der Waals surface area contributed by atoms with E-state index in [1.807, 2.05) is 30.5 Å². The molecular weight excluding hydrogens is 282 g/mol. The zero-order valence-corrected chi connectivity index (χ0v) is 13.2. The fourth-order valence-corrected chi connectivity index (χ4v) is 2.94. The Labute approximate surface area is 130 Å². The minimum Gasteiger partial charge on any atom is -0.460 e. The minimum absolute atomic E-state index is 0.0424. The highest BCUT2D eigenvalue weighted by molar-refractivity contribution is 5.97. The number of carbonyl (C=O) groups is 1. The molecule has 1 fully saturated rings. The third-order valence-corrected chi connectivity index (χ3v) is 4.08. The minimum atomic E-state index is -0.0424. The zero-order valence-electron chi connectivity index (χ0n) is 13.2. The van der Waals surface area contributed by atoms with Gasteiger partial charge in [0.2, 0.25) is 0 Å². The first-order valence-electron chi connectivity index (χ1n) is 7.87. The first kappa shape index (κ1) is 15.1. The van der Waals surface area contributed by atoms with Crippen LogP contribution in [0.3, 0.4) is 0 Å². The standard InChI is InChI=1S/C16H23N3O3/c1-3-19-13-10-12(2)22-15(13)11-14(19)16(20)17-4-5-18-6-8-21-9-7-18/h10-11H,3-9H2,1-2H3,(H,17,20). The Morgan fingerprint density at radius 1 is 1.32 bits per heavy atom. The number of hydrogen-bond acceptors (Lipinski definition) is 4. The van der Waals surface area contributed by atoms with Crippen molar-refractivity contribution in [1.29, 1.82) is 0 Å².